The van der Waals surface area contributed by atoms with Gasteiger partial charge in [0.05, 0.1) is 25.6 Å². The van der Waals surface area contributed by atoms with Crippen molar-refractivity contribution in [1.29, 1.82) is 0 Å². The Morgan fingerprint density at radius 3 is 3.10 bits per heavy atom. The maximum atomic E-state index is 5.37. The molecule has 0 amide bonds. The standard InChI is InChI=1S/C6H8N2O2/c1-5(2-8-7-1)10-6-3-9-4-6/h1-2,6H,3-4H2,(H,7,8). The first-order valence-corrected chi connectivity index (χ1v) is 3.18. The van der Waals surface area contributed by atoms with Gasteiger partial charge in [-0.25, -0.2) is 0 Å². The summed E-state index contributed by atoms with van der Waals surface area (Å²) in [7, 11) is 0. The average Bonchev–Trinajstić information content (AvgIpc) is 2.29. The molecule has 4 nitrogen and oxygen atoms in total. The van der Waals surface area contributed by atoms with Gasteiger partial charge in [-0.2, -0.15) is 5.10 Å². The van der Waals surface area contributed by atoms with Crippen LogP contribution in [-0.2, 0) is 4.74 Å². The van der Waals surface area contributed by atoms with Gasteiger partial charge in [-0.1, -0.05) is 0 Å². The predicted molar refractivity (Wildman–Crippen MR) is 33.8 cm³/mol. The summed E-state index contributed by atoms with van der Waals surface area (Å²) in [6.45, 7) is 1.40. The maximum Gasteiger partial charge on any atom is 0.157 e. The number of hydrogen-bond acceptors (Lipinski definition) is 3. The largest absolute Gasteiger partial charge is 0.482 e. The van der Waals surface area contributed by atoms with E-state index in [1.807, 2.05) is 0 Å². The van der Waals surface area contributed by atoms with Gasteiger partial charge in [-0.15, -0.1) is 0 Å². The van der Waals surface area contributed by atoms with E-state index in [0.29, 0.717) is 13.2 Å². The minimum Gasteiger partial charge on any atom is -0.482 e. The lowest BCUT2D eigenvalue weighted by molar-refractivity contribution is -0.0796. The van der Waals surface area contributed by atoms with Crippen molar-refractivity contribution in [1.82, 2.24) is 10.2 Å². The van der Waals surface area contributed by atoms with E-state index in [1.54, 1.807) is 12.4 Å². The quantitative estimate of drug-likeness (QED) is 0.637. The van der Waals surface area contributed by atoms with E-state index >= 15 is 0 Å². The molecule has 0 spiro atoms. The van der Waals surface area contributed by atoms with E-state index < -0.39 is 0 Å². The number of aromatic amines is 1. The molecule has 0 bridgehead atoms. The van der Waals surface area contributed by atoms with Crippen LogP contribution in [0.5, 0.6) is 5.75 Å². The van der Waals surface area contributed by atoms with Gasteiger partial charge in [0.15, 0.2) is 5.75 Å². The van der Waals surface area contributed by atoms with Crippen molar-refractivity contribution < 1.29 is 9.47 Å². The monoisotopic (exact) mass is 140 g/mol. The molecular weight excluding hydrogens is 132 g/mol. The molecule has 2 rings (SSSR count). The van der Waals surface area contributed by atoms with Crippen LogP contribution in [0.15, 0.2) is 12.4 Å². The molecule has 1 aromatic rings. The Kier molecular flexibility index (Phi) is 1.32. The van der Waals surface area contributed by atoms with Crippen LogP contribution in [0.3, 0.4) is 0 Å². The predicted octanol–water partition coefficient (Wildman–Crippen LogP) is 0.187. The number of aromatic nitrogens is 2. The lowest BCUT2D eigenvalue weighted by Crippen LogP contribution is -2.38. The van der Waals surface area contributed by atoms with Crippen molar-refractivity contribution in [2.45, 2.75) is 6.10 Å². The number of nitrogens with one attached hydrogen (secondary N) is 1. The molecule has 1 saturated heterocycles. The van der Waals surface area contributed by atoms with Gasteiger partial charge < -0.3 is 9.47 Å². The van der Waals surface area contributed by atoms with Crippen molar-refractivity contribution in [2.75, 3.05) is 13.2 Å². The summed E-state index contributed by atoms with van der Waals surface area (Å²) in [5.74, 6) is 0.785. The number of rotatable bonds is 2. The van der Waals surface area contributed by atoms with Crippen LogP contribution < -0.4 is 4.74 Å². The highest BCUT2D eigenvalue weighted by molar-refractivity contribution is 5.11. The zero-order valence-corrected chi connectivity index (χ0v) is 5.41. The Morgan fingerprint density at radius 1 is 1.70 bits per heavy atom. The molecule has 1 fully saturated rings. The van der Waals surface area contributed by atoms with Crippen molar-refractivity contribution in [3.63, 3.8) is 0 Å². The van der Waals surface area contributed by atoms with Gasteiger partial charge in [0, 0.05) is 0 Å². The summed E-state index contributed by atoms with van der Waals surface area (Å²) in [4.78, 5) is 0. The van der Waals surface area contributed by atoms with Crippen LogP contribution in [0.4, 0.5) is 0 Å². The smallest absolute Gasteiger partial charge is 0.157 e. The second-order valence-electron chi connectivity index (χ2n) is 2.21. The first-order valence-electron chi connectivity index (χ1n) is 3.18. The van der Waals surface area contributed by atoms with Crippen LogP contribution in [0, 0.1) is 0 Å². The molecule has 10 heavy (non-hydrogen) atoms. The lowest BCUT2D eigenvalue weighted by Gasteiger charge is -2.25. The Hall–Kier alpha value is -1.03. The van der Waals surface area contributed by atoms with Crippen LogP contribution in [0.25, 0.3) is 0 Å². The Morgan fingerprint density at radius 2 is 2.60 bits per heavy atom. The molecule has 1 N–H and O–H groups in total. The maximum absolute atomic E-state index is 5.37. The SMILES string of the molecule is c1n[nH]cc1OC1COC1. The van der Waals surface area contributed by atoms with Gasteiger partial charge in [0.2, 0.25) is 0 Å². The van der Waals surface area contributed by atoms with E-state index in [0.717, 1.165) is 5.75 Å². The van der Waals surface area contributed by atoms with E-state index in [2.05, 4.69) is 10.2 Å². The molecule has 0 aliphatic carbocycles. The fraction of sp³-hybridized carbons (Fsp3) is 0.500. The molecule has 1 aromatic heterocycles. The van der Waals surface area contributed by atoms with Crippen molar-refractivity contribution in [2.24, 2.45) is 0 Å². The number of H-pyrrole nitrogens is 1. The van der Waals surface area contributed by atoms with Crippen LogP contribution in [0.2, 0.25) is 0 Å². The first kappa shape index (κ1) is 5.73. The molecule has 2 heterocycles. The van der Waals surface area contributed by atoms with Crippen LogP contribution in [0.1, 0.15) is 0 Å². The Balaban J connectivity index is 1.90. The van der Waals surface area contributed by atoms with Crippen molar-refractivity contribution in [3.8, 4) is 5.75 Å². The molecule has 0 atom stereocenters. The van der Waals surface area contributed by atoms with Gasteiger partial charge in [0.1, 0.15) is 6.10 Å². The Labute approximate surface area is 58.1 Å². The van der Waals surface area contributed by atoms with E-state index in [4.69, 9.17) is 9.47 Å². The van der Waals surface area contributed by atoms with E-state index in [-0.39, 0.29) is 6.10 Å². The van der Waals surface area contributed by atoms with Crippen LogP contribution >= 0.6 is 0 Å². The zero-order valence-electron chi connectivity index (χ0n) is 5.41. The summed E-state index contributed by atoms with van der Waals surface area (Å²) >= 11 is 0. The molecule has 0 aromatic carbocycles. The summed E-state index contributed by atoms with van der Waals surface area (Å²) in [5.41, 5.74) is 0. The zero-order chi connectivity index (χ0) is 6.81. The lowest BCUT2D eigenvalue weighted by atomic mass is 10.3. The summed E-state index contributed by atoms with van der Waals surface area (Å²) in [6, 6.07) is 0. The average molecular weight is 140 g/mol. The third-order valence-corrected chi connectivity index (χ3v) is 1.38. The second-order valence-corrected chi connectivity index (χ2v) is 2.21. The van der Waals surface area contributed by atoms with E-state index in [9.17, 15) is 0 Å². The second kappa shape index (κ2) is 2.30. The highest BCUT2D eigenvalue weighted by Gasteiger charge is 2.19. The fourth-order valence-electron chi connectivity index (χ4n) is 0.778. The first-order chi connectivity index (χ1) is 4.95. The topological polar surface area (TPSA) is 47.1 Å². The molecule has 4 heteroatoms. The summed E-state index contributed by atoms with van der Waals surface area (Å²) in [5, 5.41) is 6.41. The number of nitrogens with zero attached hydrogens (tertiary/aromatic N) is 1. The van der Waals surface area contributed by atoms with Crippen molar-refractivity contribution in [3.05, 3.63) is 12.4 Å². The summed E-state index contributed by atoms with van der Waals surface area (Å²) < 4.78 is 10.3. The third kappa shape index (κ3) is 0.974. The molecular formula is C6H8N2O2. The van der Waals surface area contributed by atoms with Gasteiger partial charge >= 0.3 is 0 Å². The molecule has 1 aliphatic rings. The number of hydrogen-bond donors (Lipinski definition) is 1. The highest BCUT2D eigenvalue weighted by atomic mass is 16.6. The molecule has 1 aliphatic heterocycles. The molecule has 0 unspecified atom stereocenters. The molecule has 54 valence electrons. The minimum absolute atomic E-state index is 0.234. The third-order valence-electron chi connectivity index (χ3n) is 1.38. The van der Waals surface area contributed by atoms with Gasteiger partial charge in [-0.05, 0) is 0 Å². The van der Waals surface area contributed by atoms with Crippen LogP contribution in [-0.4, -0.2) is 29.5 Å². The van der Waals surface area contributed by atoms with E-state index in [1.165, 1.54) is 0 Å². The fourth-order valence-corrected chi connectivity index (χ4v) is 0.778. The molecule has 0 saturated carbocycles. The molecule has 0 radical (unpaired) electrons. The minimum atomic E-state index is 0.234. The van der Waals surface area contributed by atoms with Gasteiger partial charge in [0.25, 0.3) is 0 Å². The van der Waals surface area contributed by atoms with Crippen molar-refractivity contribution >= 4 is 0 Å². The van der Waals surface area contributed by atoms with Gasteiger partial charge in [-0.3, -0.25) is 5.10 Å². The summed E-state index contributed by atoms with van der Waals surface area (Å²) in [6.07, 6.45) is 3.61. The highest BCUT2D eigenvalue weighted by Crippen LogP contribution is 2.12. The number of ether oxygens (including phenoxy) is 2. The normalized spacial score (nSPS) is 18.4. The Bertz CT molecular complexity index is 194.